The summed E-state index contributed by atoms with van der Waals surface area (Å²) in [5.41, 5.74) is 1.71. The molecule has 4 heterocycles. The van der Waals surface area contributed by atoms with Crippen molar-refractivity contribution in [2.24, 2.45) is 5.92 Å². The molecule has 0 aromatic carbocycles. The zero-order valence-electron chi connectivity index (χ0n) is 13.1. The van der Waals surface area contributed by atoms with Gasteiger partial charge in [0.2, 0.25) is 0 Å². The van der Waals surface area contributed by atoms with Crippen molar-refractivity contribution < 1.29 is 0 Å². The fourth-order valence-electron chi connectivity index (χ4n) is 2.67. The number of anilines is 2. The molecular weight excluding hydrogens is 292 g/mol. The highest BCUT2D eigenvalue weighted by molar-refractivity contribution is 5.47. The molecule has 0 atom stereocenters. The van der Waals surface area contributed by atoms with E-state index in [4.69, 9.17) is 0 Å². The minimum absolute atomic E-state index is 0.581. The number of aromatic nitrogens is 6. The van der Waals surface area contributed by atoms with Crippen molar-refractivity contribution in [2.45, 2.75) is 13.8 Å². The van der Waals surface area contributed by atoms with E-state index < -0.39 is 0 Å². The second-order valence-corrected chi connectivity index (χ2v) is 5.90. The average molecular weight is 310 g/mol. The quantitative estimate of drug-likeness (QED) is 0.772. The van der Waals surface area contributed by atoms with Gasteiger partial charge in [-0.25, -0.2) is 4.98 Å². The Morgan fingerprint density at radius 3 is 2.78 bits per heavy atom. The van der Waals surface area contributed by atoms with E-state index in [9.17, 15) is 0 Å². The fourth-order valence-corrected chi connectivity index (χ4v) is 2.67. The number of rotatable bonds is 4. The first-order chi connectivity index (χ1) is 11.2. The number of nitrogens with one attached hydrogen (secondary N) is 1. The van der Waals surface area contributed by atoms with Crippen molar-refractivity contribution in [1.29, 1.82) is 0 Å². The monoisotopic (exact) mass is 310 g/mol. The summed E-state index contributed by atoms with van der Waals surface area (Å²) in [6, 6.07) is 3.95. The molecule has 3 aromatic rings. The van der Waals surface area contributed by atoms with Gasteiger partial charge >= 0.3 is 0 Å². The second-order valence-electron chi connectivity index (χ2n) is 5.90. The third kappa shape index (κ3) is 2.67. The van der Waals surface area contributed by atoms with E-state index >= 15 is 0 Å². The van der Waals surface area contributed by atoms with E-state index in [0.29, 0.717) is 5.92 Å². The summed E-state index contributed by atoms with van der Waals surface area (Å²) < 4.78 is 1.78. The van der Waals surface area contributed by atoms with Gasteiger partial charge < -0.3 is 10.2 Å². The minimum atomic E-state index is 0.581. The lowest BCUT2D eigenvalue weighted by atomic mass is 10.0. The molecule has 3 aromatic heterocycles. The van der Waals surface area contributed by atoms with Crippen LogP contribution in [0.5, 0.6) is 0 Å². The molecule has 0 saturated carbocycles. The Labute approximate surface area is 133 Å². The van der Waals surface area contributed by atoms with Gasteiger partial charge in [-0.1, -0.05) is 0 Å². The Morgan fingerprint density at radius 1 is 1.13 bits per heavy atom. The molecule has 1 N–H and O–H groups in total. The maximum Gasteiger partial charge on any atom is 0.178 e. The zero-order valence-corrected chi connectivity index (χ0v) is 13.1. The largest absolute Gasteiger partial charge is 0.368 e. The number of hydrogen-bond donors (Lipinski definition) is 1. The Kier molecular flexibility index (Phi) is 3.29. The molecule has 1 aliphatic rings. The lowest BCUT2D eigenvalue weighted by Gasteiger charge is -2.40. The molecule has 118 valence electrons. The van der Waals surface area contributed by atoms with Gasteiger partial charge in [-0.05, 0) is 26.0 Å². The minimum Gasteiger partial charge on any atom is -0.368 e. The van der Waals surface area contributed by atoms with Gasteiger partial charge in [-0.2, -0.15) is 4.52 Å². The number of aryl methyl sites for hydroxylation is 2. The molecule has 4 rings (SSSR count). The summed E-state index contributed by atoms with van der Waals surface area (Å²) in [5.74, 6) is 3.18. The third-order valence-electron chi connectivity index (χ3n) is 4.04. The summed E-state index contributed by atoms with van der Waals surface area (Å²) in [6.07, 6.45) is 3.55. The predicted octanol–water partition coefficient (Wildman–Crippen LogP) is 1.08. The van der Waals surface area contributed by atoms with Crippen LogP contribution >= 0.6 is 0 Å². The van der Waals surface area contributed by atoms with E-state index in [-0.39, 0.29) is 0 Å². The molecule has 0 unspecified atom stereocenters. The van der Waals surface area contributed by atoms with Crippen LogP contribution in [-0.2, 0) is 0 Å². The van der Waals surface area contributed by atoms with Crippen molar-refractivity contribution in [3.8, 4) is 0 Å². The first-order valence-corrected chi connectivity index (χ1v) is 7.65. The molecule has 8 nitrogen and oxygen atoms in total. The Bertz CT molecular complexity index is 819. The van der Waals surface area contributed by atoms with Crippen molar-refractivity contribution in [3.05, 3.63) is 36.0 Å². The second kappa shape index (κ2) is 5.45. The van der Waals surface area contributed by atoms with Crippen LogP contribution in [-0.4, -0.2) is 49.4 Å². The molecule has 0 radical (unpaired) electrons. The Hall–Kier alpha value is -2.77. The van der Waals surface area contributed by atoms with Crippen LogP contribution in [0, 0.1) is 19.8 Å². The molecule has 1 fully saturated rings. The molecule has 1 saturated heterocycles. The summed E-state index contributed by atoms with van der Waals surface area (Å²) in [4.78, 5) is 10.8. The molecule has 0 aliphatic carbocycles. The van der Waals surface area contributed by atoms with Crippen LogP contribution in [0.3, 0.4) is 0 Å². The van der Waals surface area contributed by atoms with Crippen LogP contribution in [0.15, 0.2) is 24.5 Å². The van der Waals surface area contributed by atoms with Crippen LogP contribution in [0.4, 0.5) is 11.6 Å². The van der Waals surface area contributed by atoms with Gasteiger partial charge in [0.05, 0.1) is 18.1 Å². The first kappa shape index (κ1) is 13.9. The predicted molar refractivity (Wildman–Crippen MR) is 86.5 cm³/mol. The molecule has 8 heteroatoms. The maximum absolute atomic E-state index is 4.59. The topological polar surface area (TPSA) is 84.1 Å². The van der Waals surface area contributed by atoms with Crippen molar-refractivity contribution >= 4 is 17.3 Å². The third-order valence-corrected chi connectivity index (χ3v) is 4.04. The number of nitrogens with zero attached hydrogens (tertiary/aromatic N) is 7. The average Bonchev–Trinajstić information content (AvgIpc) is 2.89. The van der Waals surface area contributed by atoms with Crippen LogP contribution in [0.2, 0.25) is 0 Å². The zero-order chi connectivity index (χ0) is 15.8. The van der Waals surface area contributed by atoms with E-state index in [1.165, 1.54) is 0 Å². The van der Waals surface area contributed by atoms with E-state index in [1.54, 1.807) is 16.9 Å². The smallest absolute Gasteiger partial charge is 0.178 e. The number of hydrogen-bond acceptors (Lipinski definition) is 7. The van der Waals surface area contributed by atoms with Crippen LogP contribution in [0.1, 0.15) is 11.5 Å². The van der Waals surface area contributed by atoms with E-state index in [2.05, 4.69) is 35.5 Å². The molecular formula is C15H18N8. The fraction of sp³-hybridized carbons (Fsp3) is 0.400. The lowest BCUT2D eigenvalue weighted by molar-refractivity contribution is 0.424. The summed E-state index contributed by atoms with van der Waals surface area (Å²) in [6.45, 7) is 6.68. The van der Waals surface area contributed by atoms with Crippen molar-refractivity contribution in [2.75, 3.05) is 29.9 Å². The Morgan fingerprint density at radius 2 is 2.00 bits per heavy atom. The van der Waals surface area contributed by atoms with Gasteiger partial charge in [0.1, 0.15) is 11.6 Å². The summed E-state index contributed by atoms with van der Waals surface area (Å²) in [7, 11) is 0. The summed E-state index contributed by atoms with van der Waals surface area (Å²) in [5, 5.41) is 16.0. The maximum atomic E-state index is 4.59. The van der Waals surface area contributed by atoms with Gasteiger partial charge in [-0.15, -0.1) is 15.3 Å². The summed E-state index contributed by atoms with van der Waals surface area (Å²) >= 11 is 0. The number of fused-ring (bicyclic) bond motifs is 1. The van der Waals surface area contributed by atoms with E-state index in [1.807, 2.05) is 26.0 Å². The lowest BCUT2D eigenvalue weighted by Crippen LogP contribution is -2.50. The SMILES string of the molecule is Cc1cnc(NCC2CN(c3ccc4nnc(C)n4n3)C2)cn1. The molecule has 0 spiro atoms. The normalized spacial score (nSPS) is 15.0. The highest BCUT2D eigenvalue weighted by Crippen LogP contribution is 2.23. The molecule has 0 amide bonds. The standard InChI is InChI=1S/C15H18N8/c1-10-5-17-13(7-16-10)18-6-12-8-22(9-12)15-4-3-14-20-19-11(2)23(14)21-15/h3-5,7,12H,6,8-9H2,1-2H3,(H,17,18). The van der Waals surface area contributed by atoms with Gasteiger partial charge in [0.25, 0.3) is 0 Å². The van der Waals surface area contributed by atoms with Crippen molar-refractivity contribution in [3.63, 3.8) is 0 Å². The Balaban J connectivity index is 1.35. The van der Waals surface area contributed by atoms with Crippen LogP contribution < -0.4 is 10.2 Å². The van der Waals surface area contributed by atoms with Gasteiger partial charge in [-0.3, -0.25) is 4.98 Å². The van der Waals surface area contributed by atoms with Gasteiger partial charge in [0.15, 0.2) is 11.5 Å². The first-order valence-electron chi connectivity index (χ1n) is 7.65. The van der Waals surface area contributed by atoms with Crippen LogP contribution in [0.25, 0.3) is 5.65 Å². The molecule has 23 heavy (non-hydrogen) atoms. The van der Waals surface area contributed by atoms with Gasteiger partial charge in [0, 0.05) is 25.6 Å². The van der Waals surface area contributed by atoms with E-state index in [0.717, 1.165) is 48.4 Å². The molecule has 0 bridgehead atoms. The highest BCUT2D eigenvalue weighted by Gasteiger charge is 2.28. The molecule has 1 aliphatic heterocycles. The van der Waals surface area contributed by atoms with Crippen molar-refractivity contribution in [1.82, 2.24) is 29.8 Å². The highest BCUT2D eigenvalue weighted by atomic mass is 15.4.